The Kier molecular flexibility index (Phi) is 7.22. The quantitative estimate of drug-likeness (QED) is 0.198. The Labute approximate surface area is 248 Å². The molecular weight excluding hydrogens is 510 g/mol. The maximum Gasteiger partial charge on any atom is 0.219 e. The first kappa shape index (κ1) is 26.5. The van der Waals surface area contributed by atoms with E-state index in [1.165, 1.54) is 60.1 Å². The van der Waals surface area contributed by atoms with Crippen LogP contribution in [0.25, 0.3) is 32.3 Å². The molecule has 42 heavy (non-hydrogen) atoms. The number of amides is 1. The molecule has 0 radical (unpaired) electrons. The summed E-state index contributed by atoms with van der Waals surface area (Å²) in [4.78, 5) is 12.4. The molecule has 0 aliphatic heterocycles. The average molecular weight is 548 g/mol. The van der Waals surface area contributed by atoms with Crippen LogP contribution in [-0.4, -0.2) is 12.5 Å². The van der Waals surface area contributed by atoms with E-state index in [2.05, 4.69) is 128 Å². The number of hydrogen-bond acceptors (Lipinski definition) is 1. The van der Waals surface area contributed by atoms with E-state index in [0.29, 0.717) is 18.9 Å². The molecule has 6 aromatic rings. The molecule has 1 aliphatic carbocycles. The Bertz CT molecular complexity index is 1900. The lowest BCUT2D eigenvalue weighted by Crippen LogP contribution is -2.26. The number of hydrogen-bond donors (Lipinski definition) is 1. The Morgan fingerprint density at radius 1 is 0.690 bits per heavy atom. The smallest absolute Gasteiger partial charge is 0.219 e. The minimum Gasteiger partial charge on any atom is -0.356 e. The van der Waals surface area contributed by atoms with Gasteiger partial charge in [0, 0.05) is 18.9 Å². The molecule has 0 heterocycles. The number of carbonyl (C=O) groups is 1. The van der Waals surface area contributed by atoms with Crippen LogP contribution >= 0.6 is 0 Å². The van der Waals surface area contributed by atoms with E-state index in [-0.39, 0.29) is 11.8 Å². The van der Waals surface area contributed by atoms with Gasteiger partial charge in [-0.15, -0.1) is 0 Å². The van der Waals surface area contributed by atoms with Crippen molar-refractivity contribution in [1.82, 2.24) is 5.32 Å². The van der Waals surface area contributed by atoms with Gasteiger partial charge in [0.15, 0.2) is 0 Å². The largest absolute Gasteiger partial charge is 0.356 e. The molecule has 1 N–H and O–H groups in total. The normalized spacial score (nSPS) is 16.5. The first-order valence-electron chi connectivity index (χ1n) is 15.5. The number of rotatable bonds is 7. The molecule has 2 heteroatoms. The van der Waals surface area contributed by atoms with Crippen molar-refractivity contribution < 1.29 is 4.79 Å². The zero-order valence-corrected chi connectivity index (χ0v) is 24.3. The molecule has 0 saturated heterocycles. The molecule has 6 aromatic carbocycles. The summed E-state index contributed by atoms with van der Waals surface area (Å²) >= 11 is 0. The summed E-state index contributed by atoms with van der Waals surface area (Å²) in [6, 6.07) is 42.6. The number of nitrogens with one attached hydrogen (secondary N) is 1. The van der Waals surface area contributed by atoms with Crippen molar-refractivity contribution in [3.8, 4) is 0 Å². The molecule has 0 aromatic heterocycles. The third-order valence-electron chi connectivity index (χ3n) is 9.32. The van der Waals surface area contributed by atoms with Gasteiger partial charge in [0.1, 0.15) is 0 Å². The van der Waals surface area contributed by atoms with E-state index in [1.807, 2.05) is 0 Å². The minimum atomic E-state index is 0.144. The fourth-order valence-corrected chi connectivity index (χ4v) is 7.34. The van der Waals surface area contributed by atoms with Gasteiger partial charge in [0.05, 0.1) is 0 Å². The van der Waals surface area contributed by atoms with Gasteiger partial charge in [0.25, 0.3) is 0 Å². The Morgan fingerprint density at radius 3 is 2.17 bits per heavy atom. The van der Waals surface area contributed by atoms with Gasteiger partial charge >= 0.3 is 0 Å². The molecule has 2 nitrogen and oxygen atoms in total. The molecule has 7 rings (SSSR count). The molecule has 208 valence electrons. The van der Waals surface area contributed by atoms with E-state index < -0.39 is 0 Å². The lowest BCUT2D eigenvalue weighted by Gasteiger charge is -2.35. The van der Waals surface area contributed by atoms with E-state index in [1.54, 1.807) is 0 Å². The fourth-order valence-electron chi connectivity index (χ4n) is 7.34. The van der Waals surface area contributed by atoms with Crippen molar-refractivity contribution >= 4 is 38.2 Å². The molecule has 0 bridgehead atoms. The number of fused-ring (bicyclic) bond motifs is 6. The highest BCUT2D eigenvalue weighted by Gasteiger charge is 2.32. The summed E-state index contributed by atoms with van der Waals surface area (Å²) < 4.78 is 0. The van der Waals surface area contributed by atoms with Gasteiger partial charge in [-0.1, -0.05) is 122 Å². The van der Waals surface area contributed by atoms with Gasteiger partial charge in [0.2, 0.25) is 5.91 Å². The molecule has 2 atom stereocenters. The van der Waals surface area contributed by atoms with E-state index in [9.17, 15) is 4.79 Å². The summed E-state index contributed by atoms with van der Waals surface area (Å²) in [7, 11) is 0. The lowest BCUT2D eigenvalue weighted by molar-refractivity contribution is -0.121. The molecule has 1 amide bonds. The predicted octanol–water partition coefficient (Wildman–Crippen LogP) is 9.47. The van der Waals surface area contributed by atoms with Crippen LogP contribution in [0, 0.1) is 0 Å². The molecular formula is C40H37NO. The molecule has 2 unspecified atom stereocenters. The summed E-state index contributed by atoms with van der Waals surface area (Å²) in [5.41, 5.74) is 7.13. The zero-order valence-electron chi connectivity index (χ0n) is 24.3. The Hall–Kier alpha value is -4.43. The summed E-state index contributed by atoms with van der Waals surface area (Å²) in [6.07, 6.45) is 4.39. The number of benzene rings is 6. The van der Waals surface area contributed by atoms with Crippen molar-refractivity contribution in [2.75, 3.05) is 6.54 Å². The third-order valence-corrected chi connectivity index (χ3v) is 9.32. The Balaban J connectivity index is 1.40. The average Bonchev–Trinajstić information content (AvgIpc) is 3.04. The predicted molar refractivity (Wildman–Crippen MR) is 176 cm³/mol. The van der Waals surface area contributed by atoms with Gasteiger partial charge in [-0.2, -0.15) is 0 Å². The van der Waals surface area contributed by atoms with Crippen LogP contribution < -0.4 is 5.32 Å². The van der Waals surface area contributed by atoms with Crippen LogP contribution in [0.5, 0.6) is 0 Å². The number of carbonyl (C=O) groups excluding carboxylic acids is 1. The monoisotopic (exact) mass is 547 g/mol. The van der Waals surface area contributed by atoms with E-state index >= 15 is 0 Å². The third kappa shape index (κ3) is 4.86. The fraction of sp³-hybridized carbons (Fsp3) is 0.225. The van der Waals surface area contributed by atoms with Crippen molar-refractivity contribution in [3.05, 3.63) is 143 Å². The minimum absolute atomic E-state index is 0.144. The van der Waals surface area contributed by atoms with Crippen LogP contribution in [0.3, 0.4) is 0 Å². The van der Waals surface area contributed by atoms with Crippen LogP contribution in [0.15, 0.2) is 115 Å². The van der Waals surface area contributed by atoms with Crippen LogP contribution in [0.1, 0.15) is 65.8 Å². The summed E-state index contributed by atoms with van der Waals surface area (Å²) in [5.74, 6) is 0.857. The highest BCUT2D eigenvalue weighted by Crippen LogP contribution is 2.47. The van der Waals surface area contributed by atoms with Crippen molar-refractivity contribution in [2.45, 2.75) is 50.9 Å². The molecule has 0 saturated carbocycles. The molecule has 1 aliphatic rings. The van der Waals surface area contributed by atoms with Crippen molar-refractivity contribution in [2.24, 2.45) is 0 Å². The second kappa shape index (κ2) is 11.4. The molecule has 0 fully saturated rings. The topological polar surface area (TPSA) is 29.1 Å². The first-order chi connectivity index (χ1) is 20.7. The second-order valence-electron chi connectivity index (χ2n) is 11.8. The van der Waals surface area contributed by atoms with Crippen molar-refractivity contribution in [1.29, 1.82) is 0 Å². The first-order valence-corrected chi connectivity index (χ1v) is 15.5. The highest BCUT2D eigenvalue weighted by molar-refractivity contribution is 6.09. The second-order valence-corrected chi connectivity index (χ2v) is 11.8. The lowest BCUT2D eigenvalue weighted by atomic mass is 9.69. The SMILES string of the molecule is CCCC(=O)NCCc1c(C2CC(c3ccccc3)Cc3c2ccc2c3ccc3ccccc32)ccc2ccccc12. The van der Waals surface area contributed by atoms with Crippen LogP contribution in [0.4, 0.5) is 0 Å². The maximum atomic E-state index is 12.4. The highest BCUT2D eigenvalue weighted by atomic mass is 16.1. The van der Waals surface area contributed by atoms with E-state index in [4.69, 9.17) is 0 Å². The van der Waals surface area contributed by atoms with Crippen molar-refractivity contribution in [3.63, 3.8) is 0 Å². The van der Waals surface area contributed by atoms with Crippen LogP contribution in [-0.2, 0) is 17.6 Å². The van der Waals surface area contributed by atoms with Crippen LogP contribution in [0.2, 0.25) is 0 Å². The van der Waals surface area contributed by atoms with Gasteiger partial charge in [-0.25, -0.2) is 0 Å². The zero-order chi connectivity index (χ0) is 28.5. The standard InChI is InChI=1S/C40H37NO/c1-2-10-40(42)41-24-23-37-32-16-9-7-14-29(32)18-20-35(37)39-26-30(27-11-4-3-5-12-27)25-38-34-19-17-28-13-6-8-15-31(28)33(34)21-22-36(38)39/h3-9,11-22,30,39H,2,10,23-26H2,1H3,(H,41,42). The van der Waals surface area contributed by atoms with Gasteiger partial charge < -0.3 is 5.32 Å². The maximum absolute atomic E-state index is 12.4. The summed E-state index contributed by atoms with van der Waals surface area (Å²) in [6.45, 7) is 2.71. The summed E-state index contributed by atoms with van der Waals surface area (Å²) in [5, 5.41) is 11.1. The molecule has 0 spiro atoms. The van der Waals surface area contributed by atoms with Gasteiger partial charge in [-0.3, -0.25) is 4.79 Å². The Morgan fingerprint density at radius 2 is 1.36 bits per heavy atom. The van der Waals surface area contributed by atoms with Gasteiger partial charge in [-0.05, 0) is 91.7 Å². The van der Waals surface area contributed by atoms with E-state index in [0.717, 1.165) is 25.7 Å².